The summed E-state index contributed by atoms with van der Waals surface area (Å²) in [7, 11) is -3.55. The number of primary sulfonamides is 1. The fraction of sp³-hybridized carbons (Fsp3) is 0.538. The van der Waals surface area contributed by atoms with Crippen LogP contribution in [0.4, 0.5) is 4.39 Å². The monoisotopic (exact) mass is 321 g/mol. The second-order valence-electron chi connectivity index (χ2n) is 5.38. The van der Waals surface area contributed by atoms with Crippen LogP contribution in [-0.2, 0) is 10.0 Å². The van der Waals surface area contributed by atoms with E-state index in [9.17, 15) is 12.8 Å². The van der Waals surface area contributed by atoms with Crippen molar-refractivity contribution in [2.45, 2.75) is 25.7 Å². The fourth-order valence-electron chi connectivity index (χ4n) is 2.69. The summed E-state index contributed by atoms with van der Waals surface area (Å²) in [6.07, 6.45) is 3.45. The summed E-state index contributed by atoms with van der Waals surface area (Å²) in [5, 5.41) is 5.14. The van der Waals surface area contributed by atoms with Gasteiger partial charge in [-0.15, -0.1) is 0 Å². The lowest BCUT2D eigenvalue weighted by Gasteiger charge is -2.27. The minimum atomic E-state index is -3.55. The zero-order valence-electron chi connectivity index (χ0n) is 10.9. The standard InChI is InChI=1S/C13H17ClFNO3S/c14-11-7-10(3-4-12(11)15)19-8-13(5-1-2-6-13)9-20(16,17)18/h3-4,7H,1-2,5-6,8-9H2,(H2,16,17,18). The predicted molar refractivity (Wildman–Crippen MR) is 75.8 cm³/mol. The number of halogens is 2. The van der Waals surface area contributed by atoms with Crippen LogP contribution in [0.25, 0.3) is 0 Å². The lowest BCUT2D eigenvalue weighted by Crippen LogP contribution is -2.36. The maximum Gasteiger partial charge on any atom is 0.209 e. The molecule has 1 aromatic carbocycles. The van der Waals surface area contributed by atoms with Gasteiger partial charge in [-0.3, -0.25) is 0 Å². The molecule has 0 bridgehead atoms. The average molecular weight is 322 g/mol. The van der Waals surface area contributed by atoms with Crippen molar-refractivity contribution in [3.63, 3.8) is 0 Å². The van der Waals surface area contributed by atoms with Gasteiger partial charge in [-0.2, -0.15) is 0 Å². The Balaban J connectivity index is 2.07. The van der Waals surface area contributed by atoms with Crippen LogP contribution in [0, 0.1) is 11.2 Å². The van der Waals surface area contributed by atoms with Crippen molar-refractivity contribution >= 4 is 21.6 Å². The van der Waals surface area contributed by atoms with E-state index in [1.807, 2.05) is 0 Å². The molecular formula is C13H17ClFNO3S. The van der Waals surface area contributed by atoms with E-state index in [1.165, 1.54) is 18.2 Å². The van der Waals surface area contributed by atoms with Crippen LogP contribution in [0.5, 0.6) is 5.75 Å². The largest absolute Gasteiger partial charge is 0.493 e. The molecule has 0 amide bonds. The molecule has 2 N–H and O–H groups in total. The third-order valence-electron chi connectivity index (χ3n) is 3.61. The van der Waals surface area contributed by atoms with Gasteiger partial charge in [-0.25, -0.2) is 17.9 Å². The van der Waals surface area contributed by atoms with Crippen LogP contribution in [0.15, 0.2) is 18.2 Å². The molecular weight excluding hydrogens is 305 g/mol. The van der Waals surface area contributed by atoms with Gasteiger partial charge in [0.25, 0.3) is 0 Å². The van der Waals surface area contributed by atoms with Crippen molar-refractivity contribution in [3.05, 3.63) is 29.0 Å². The van der Waals surface area contributed by atoms with Crippen LogP contribution in [0.2, 0.25) is 5.02 Å². The summed E-state index contributed by atoms with van der Waals surface area (Å²) in [5.41, 5.74) is -0.450. The maximum absolute atomic E-state index is 13.1. The maximum atomic E-state index is 13.1. The first-order valence-electron chi connectivity index (χ1n) is 6.38. The number of benzene rings is 1. The molecule has 0 saturated heterocycles. The molecule has 0 radical (unpaired) electrons. The molecule has 1 aliphatic carbocycles. The molecule has 1 fully saturated rings. The van der Waals surface area contributed by atoms with Crippen molar-refractivity contribution < 1.29 is 17.5 Å². The van der Waals surface area contributed by atoms with Crippen LogP contribution in [-0.4, -0.2) is 20.8 Å². The molecule has 1 aliphatic rings. The second-order valence-corrected chi connectivity index (χ2v) is 7.40. The lowest BCUT2D eigenvalue weighted by molar-refractivity contribution is 0.170. The van der Waals surface area contributed by atoms with Crippen molar-refractivity contribution in [2.24, 2.45) is 10.6 Å². The van der Waals surface area contributed by atoms with Gasteiger partial charge in [0.05, 0.1) is 17.4 Å². The zero-order valence-corrected chi connectivity index (χ0v) is 12.5. The van der Waals surface area contributed by atoms with E-state index in [2.05, 4.69) is 0 Å². The molecule has 20 heavy (non-hydrogen) atoms. The van der Waals surface area contributed by atoms with Gasteiger partial charge in [-0.1, -0.05) is 24.4 Å². The molecule has 112 valence electrons. The van der Waals surface area contributed by atoms with Gasteiger partial charge in [-0.05, 0) is 25.0 Å². The highest BCUT2D eigenvalue weighted by Gasteiger charge is 2.38. The molecule has 1 aromatic rings. The number of ether oxygens (including phenoxy) is 1. The van der Waals surface area contributed by atoms with E-state index in [0.29, 0.717) is 5.75 Å². The number of rotatable bonds is 5. The van der Waals surface area contributed by atoms with E-state index in [0.717, 1.165) is 25.7 Å². The number of hydrogen-bond donors (Lipinski definition) is 1. The number of nitrogens with two attached hydrogens (primary N) is 1. The molecule has 0 spiro atoms. The van der Waals surface area contributed by atoms with E-state index in [1.54, 1.807) is 0 Å². The minimum Gasteiger partial charge on any atom is -0.493 e. The summed E-state index contributed by atoms with van der Waals surface area (Å²) >= 11 is 5.68. The van der Waals surface area contributed by atoms with E-state index in [4.69, 9.17) is 21.5 Å². The number of hydrogen-bond acceptors (Lipinski definition) is 3. The Morgan fingerprint density at radius 1 is 1.35 bits per heavy atom. The minimum absolute atomic E-state index is 0.0191. The van der Waals surface area contributed by atoms with Crippen LogP contribution >= 0.6 is 11.6 Å². The molecule has 0 heterocycles. The Hall–Kier alpha value is -0.850. The van der Waals surface area contributed by atoms with Crippen LogP contribution in [0.3, 0.4) is 0 Å². The zero-order chi connectivity index (χ0) is 14.8. The third-order valence-corrected chi connectivity index (χ3v) is 4.91. The predicted octanol–water partition coefficient (Wildman–Crippen LogP) is 2.71. The molecule has 4 nitrogen and oxygen atoms in total. The van der Waals surface area contributed by atoms with Gasteiger partial charge < -0.3 is 4.74 Å². The highest BCUT2D eigenvalue weighted by atomic mass is 35.5. The topological polar surface area (TPSA) is 69.4 Å². The lowest BCUT2D eigenvalue weighted by atomic mass is 9.90. The smallest absolute Gasteiger partial charge is 0.209 e. The average Bonchev–Trinajstić information content (AvgIpc) is 2.77. The molecule has 0 atom stereocenters. The summed E-state index contributed by atoms with van der Waals surface area (Å²) < 4.78 is 41.4. The Labute approximate surface area is 123 Å². The molecule has 0 unspecified atom stereocenters. The molecule has 2 rings (SSSR count). The van der Waals surface area contributed by atoms with Crippen LogP contribution < -0.4 is 9.88 Å². The first-order chi connectivity index (χ1) is 9.30. The first-order valence-corrected chi connectivity index (χ1v) is 8.47. The summed E-state index contributed by atoms with van der Waals surface area (Å²) in [4.78, 5) is 0. The van der Waals surface area contributed by atoms with Gasteiger partial charge in [0.15, 0.2) is 0 Å². The van der Waals surface area contributed by atoms with Crippen LogP contribution in [0.1, 0.15) is 25.7 Å². The highest BCUT2D eigenvalue weighted by Crippen LogP contribution is 2.39. The highest BCUT2D eigenvalue weighted by molar-refractivity contribution is 7.89. The Morgan fingerprint density at radius 2 is 2.00 bits per heavy atom. The van der Waals surface area contributed by atoms with E-state index < -0.39 is 21.3 Å². The SMILES string of the molecule is NS(=O)(=O)CC1(COc2ccc(F)c(Cl)c2)CCCC1. The first kappa shape index (κ1) is 15.5. The number of sulfonamides is 1. The molecule has 7 heteroatoms. The Kier molecular flexibility index (Phi) is 4.56. The Bertz CT molecular complexity index is 585. The Morgan fingerprint density at radius 3 is 2.55 bits per heavy atom. The van der Waals surface area contributed by atoms with Crippen molar-refractivity contribution in [3.8, 4) is 5.75 Å². The van der Waals surface area contributed by atoms with Gasteiger partial charge >= 0.3 is 0 Å². The summed E-state index contributed by atoms with van der Waals surface area (Å²) in [6, 6.07) is 4.08. The summed E-state index contributed by atoms with van der Waals surface area (Å²) in [5.74, 6) is -0.175. The van der Waals surface area contributed by atoms with Crippen molar-refractivity contribution in [1.29, 1.82) is 0 Å². The fourth-order valence-corrected chi connectivity index (χ4v) is 4.08. The van der Waals surface area contributed by atoms with Crippen molar-refractivity contribution in [2.75, 3.05) is 12.4 Å². The normalized spacial score (nSPS) is 18.1. The quantitative estimate of drug-likeness (QED) is 0.906. The molecule has 0 aromatic heterocycles. The van der Waals surface area contributed by atoms with Gasteiger partial charge in [0, 0.05) is 11.5 Å². The molecule has 1 saturated carbocycles. The second kappa shape index (κ2) is 5.87. The van der Waals surface area contributed by atoms with E-state index in [-0.39, 0.29) is 17.4 Å². The van der Waals surface area contributed by atoms with Crippen molar-refractivity contribution in [1.82, 2.24) is 0 Å². The van der Waals surface area contributed by atoms with Gasteiger partial charge in [0.1, 0.15) is 11.6 Å². The third kappa shape index (κ3) is 4.07. The molecule has 0 aliphatic heterocycles. The van der Waals surface area contributed by atoms with Gasteiger partial charge in [0.2, 0.25) is 10.0 Å². The summed E-state index contributed by atoms with van der Waals surface area (Å²) in [6.45, 7) is 0.241. The van der Waals surface area contributed by atoms with E-state index >= 15 is 0 Å².